The predicted molar refractivity (Wildman–Crippen MR) is 53.3 cm³/mol. The van der Waals surface area contributed by atoms with Crippen LogP contribution in [0.15, 0.2) is 6.20 Å². The molecule has 1 aliphatic rings. The van der Waals surface area contributed by atoms with Gasteiger partial charge in [-0.25, -0.2) is 4.98 Å². The second-order valence-corrected chi connectivity index (χ2v) is 5.67. The first-order valence-electron chi connectivity index (χ1n) is 4.79. The summed E-state index contributed by atoms with van der Waals surface area (Å²) in [6.45, 7) is 3.86. The van der Waals surface area contributed by atoms with Gasteiger partial charge in [0.2, 0.25) is 0 Å². The summed E-state index contributed by atoms with van der Waals surface area (Å²) in [4.78, 5) is 15.1. The third-order valence-electron chi connectivity index (χ3n) is 2.82. The van der Waals surface area contributed by atoms with Crippen molar-refractivity contribution in [3.63, 3.8) is 0 Å². The minimum Gasteiger partial charge on any atom is -0.293 e. The molecule has 88 valence electrons. The van der Waals surface area contributed by atoms with Crippen LogP contribution in [-0.4, -0.2) is 10.8 Å². The SMILES string of the molecule is CC1(C)CC1C(=O)c1cnc(C(F)(F)F)s1. The predicted octanol–water partition coefficient (Wildman–Crippen LogP) is 3.39. The fourth-order valence-electron chi connectivity index (χ4n) is 1.61. The number of carbonyl (C=O) groups excluding carboxylic acids is 1. The summed E-state index contributed by atoms with van der Waals surface area (Å²) in [5, 5.41) is -0.950. The van der Waals surface area contributed by atoms with E-state index < -0.39 is 11.2 Å². The molecule has 0 saturated heterocycles. The molecule has 1 heterocycles. The van der Waals surface area contributed by atoms with Gasteiger partial charge in [-0.05, 0) is 11.8 Å². The number of hydrogen-bond acceptors (Lipinski definition) is 3. The molecule has 0 bridgehead atoms. The molecular formula is C10H10F3NOS. The molecule has 2 nitrogen and oxygen atoms in total. The van der Waals surface area contributed by atoms with Crippen molar-refractivity contribution in [2.75, 3.05) is 0 Å². The highest BCUT2D eigenvalue weighted by molar-refractivity contribution is 7.13. The number of hydrogen-bond donors (Lipinski definition) is 0. The van der Waals surface area contributed by atoms with Gasteiger partial charge in [-0.1, -0.05) is 13.8 Å². The van der Waals surface area contributed by atoms with E-state index in [2.05, 4.69) is 4.98 Å². The van der Waals surface area contributed by atoms with E-state index in [0.717, 1.165) is 12.6 Å². The lowest BCUT2D eigenvalue weighted by Gasteiger charge is -2.00. The molecule has 6 heteroatoms. The number of nitrogens with zero attached hydrogens (tertiary/aromatic N) is 1. The van der Waals surface area contributed by atoms with Crippen molar-refractivity contribution < 1.29 is 18.0 Å². The van der Waals surface area contributed by atoms with E-state index in [1.54, 1.807) is 0 Å². The molecule has 1 atom stereocenters. The first-order valence-corrected chi connectivity index (χ1v) is 5.61. The Morgan fingerprint density at radius 3 is 2.50 bits per heavy atom. The van der Waals surface area contributed by atoms with Crippen molar-refractivity contribution in [3.8, 4) is 0 Å². The van der Waals surface area contributed by atoms with Gasteiger partial charge >= 0.3 is 6.18 Å². The lowest BCUT2D eigenvalue weighted by molar-refractivity contribution is -0.137. The summed E-state index contributed by atoms with van der Waals surface area (Å²) in [6.07, 6.45) is -2.68. The largest absolute Gasteiger partial charge is 0.443 e. The average Bonchev–Trinajstić information content (AvgIpc) is 2.65. The first kappa shape index (κ1) is 11.6. The molecule has 0 amide bonds. The number of ketones is 1. The third-order valence-corrected chi connectivity index (χ3v) is 3.88. The highest BCUT2D eigenvalue weighted by Gasteiger charge is 2.51. The molecule has 0 radical (unpaired) electrons. The molecule has 0 N–H and O–H groups in total. The van der Waals surface area contributed by atoms with Crippen LogP contribution in [0.1, 0.15) is 34.9 Å². The van der Waals surface area contributed by atoms with Gasteiger partial charge in [0, 0.05) is 12.1 Å². The minimum atomic E-state index is -4.46. The number of aromatic nitrogens is 1. The summed E-state index contributed by atoms with van der Waals surface area (Å²) in [5.74, 6) is -0.355. The second-order valence-electron chi connectivity index (χ2n) is 4.64. The van der Waals surface area contributed by atoms with Crippen LogP contribution in [-0.2, 0) is 6.18 Å². The summed E-state index contributed by atoms with van der Waals surface area (Å²) in [7, 11) is 0. The Hall–Kier alpha value is -0.910. The summed E-state index contributed by atoms with van der Waals surface area (Å²) in [6, 6.07) is 0. The summed E-state index contributed by atoms with van der Waals surface area (Å²) >= 11 is 0.431. The number of halogens is 3. The highest BCUT2D eigenvalue weighted by atomic mass is 32.1. The van der Waals surface area contributed by atoms with Gasteiger partial charge < -0.3 is 0 Å². The molecule has 16 heavy (non-hydrogen) atoms. The molecule has 0 aromatic carbocycles. The van der Waals surface area contributed by atoms with E-state index in [9.17, 15) is 18.0 Å². The molecule has 1 saturated carbocycles. The molecule has 1 unspecified atom stereocenters. The van der Waals surface area contributed by atoms with Gasteiger partial charge in [0.1, 0.15) is 0 Å². The summed E-state index contributed by atoms with van der Waals surface area (Å²) < 4.78 is 36.8. The molecule has 2 rings (SSSR count). The van der Waals surface area contributed by atoms with Gasteiger partial charge in [-0.15, -0.1) is 11.3 Å². The van der Waals surface area contributed by atoms with E-state index in [1.165, 1.54) is 0 Å². The number of Topliss-reactive ketones (excluding diaryl/α,β-unsaturated/α-hetero) is 1. The maximum absolute atomic E-state index is 12.3. The van der Waals surface area contributed by atoms with Crippen LogP contribution < -0.4 is 0 Å². The Morgan fingerprint density at radius 2 is 2.12 bits per heavy atom. The van der Waals surface area contributed by atoms with E-state index in [0.29, 0.717) is 11.3 Å². The van der Waals surface area contributed by atoms with Crippen molar-refractivity contribution in [2.45, 2.75) is 26.4 Å². The van der Waals surface area contributed by atoms with Gasteiger partial charge in [0.15, 0.2) is 10.8 Å². The maximum atomic E-state index is 12.3. The average molecular weight is 249 g/mol. The zero-order chi connectivity index (χ0) is 12.1. The van der Waals surface area contributed by atoms with E-state index >= 15 is 0 Å². The standard InChI is InChI=1S/C10H10F3NOS/c1-9(2)3-5(9)7(15)6-4-14-8(16-6)10(11,12)13/h4-5H,3H2,1-2H3. The fraction of sp³-hybridized carbons (Fsp3) is 0.600. The monoisotopic (exact) mass is 249 g/mol. The minimum absolute atomic E-state index is 0.0700. The van der Waals surface area contributed by atoms with Crippen molar-refractivity contribution in [1.29, 1.82) is 0 Å². The Labute approximate surface area is 94.5 Å². The lowest BCUT2D eigenvalue weighted by atomic mass is 10.1. The quantitative estimate of drug-likeness (QED) is 0.752. The molecule has 0 aliphatic heterocycles. The zero-order valence-electron chi connectivity index (χ0n) is 8.76. The van der Waals surface area contributed by atoms with Crippen LogP contribution in [0.4, 0.5) is 13.2 Å². The maximum Gasteiger partial charge on any atom is 0.443 e. The van der Waals surface area contributed by atoms with Gasteiger partial charge in [-0.2, -0.15) is 13.2 Å². The van der Waals surface area contributed by atoms with Crippen LogP contribution in [0.25, 0.3) is 0 Å². The Morgan fingerprint density at radius 1 is 1.56 bits per heavy atom. The number of thiazole rings is 1. The normalized spacial score (nSPS) is 23.2. The third kappa shape index (κ3) is 1.98. The zero-order valence-corrected chi connectivity index (χ0v) is 9.58. The highest BCUT2D eigenvalue weighted by Crippen LogP contribution is 2.53. The number of carbonyl (C=O) groups is 1. The molecule has 1 aromatic rings. The van der Waals surface area contributed by atoms with Crippen LogP contribution in [0.3, 0.4) is 0 Å². The molecule has 1 aromatic heterocycles. The van der Waals surface area contributed by atoms with Crippen LogP contribution >= 0.6 is 11.3 Å². The smallest absolute Gasteiger partial charge is 0.293 e. The second kappa shape index (κ2) is 3.29. The van der Waals surface area contributed by atoms with Crippen LogP contribution in [0, 0.1) is 11.3 Å². The van der Waals surface area contributed by atoms with Gasteiger partial charge in [0.25, 0.3) is 0 Å². The van der Waals surface area contributed by atoms with E-state index in [1.807, 2.05) is 13.8 Å². The first-order chi connectivity index (χ1) is 7.22. The molecule has 0 spiro atoms. The number of rotatable bonds is 2. The Kier molecular flexibility index (Phi) is 2.38. The number of alkyl halides is 3. The van der Waals surface area contributed by atoms with Crippen molar-refractivity contribution in [3.05, 3.63) is 16.1 Å². The van der Waals surface area contributed by atoms with E-state index in [-0.39, 0.29) is 22.0 Å². The molecule has 1 aliphatic carbocycles. The van der Waals surface area contributed by atoms with Gasteiger partial charge in [0.05, 0.1) is 4.88 Å². The topological polar surface area (TPSA) is 30.0 Å². The van der Waals surface area contributed by atoms with E-state index in [4.69, 9.17) is 0 Å². The molecule has 1 fully saturated rings. The van der Waals surface area contributed by atoms with Crippen LogP contribution in [0.2, 0.25) is 0 Å². The van der Waals surface area contributed by atoms with Gasteiger partial charge in [-0.3, -0.25) is 4.79 Å². The van der Waals surface area contributed by atoms with Crippen molar-refractivity contribution >= 4 is 17.1 Å². The van der Waals surface area contributed by atoms with Crippen LogP contribution in [0.5, 0.6) is 0 Å². The van der Waals surface area contributed by atoms with Crippen molar-refractivity contribution in [1.82, 2.24) is 4.98 Å². The lowest BCUT2D eigenvalue weighted by Crippen LogP contribution is -2.04. The summed E-state index contributed by atoms with van der Waals surface area (Å²) in [5.41, 5.74) is -0.0700. The Bertz CT molecular complexity index is 436. The fourth-order valence-corrected chi connectivity index (χ4v) is 2.38. The van der Waals surface area contributed by atoms with Crippen molar-refractivity contribution in [2.24, 2.45) is 11.3 Å². The molecular weight excluding hydrogens is 239 g/mol. The Balaban J connectivity index is 2.17.